The first-order valence-corrected chi connectivity index (χ1v) is 10.4. The number of benzene rings is 2. The molecule has 0 aromatic heterocycles. The lowest BCUT2D eigenvalue weighted by atomic mass is 10.1. The van der Waals surface area contributed by atoms with Crippen LogP contribution in [0.2, 0.25) is 0 Å². The van der Waals surface area contributed by atoms with Gasteiger partial charge in [0, 0.05) is 50.7 Å². The number of nitrogens with zero attached hydrogens (tertiary/aromatic N) is 2. The molecule has 0 radical (unpaired) electrons. The van der Waals surface area contributed by atoms with Crippen molar-refractivity contribution in [3.8, 4) is 0 Å². The van der Waals surface area contributed by atoms with Crippen LogP contribution >= 0.6 is 24.0 Å². The van der Waals surface area contributed by atoms with Gasteiger partial charge in [-0.3, -0.25) is 9.89 Å². The summed E-state index contributed by atoms with van der Waals surface area (Å²) >= 11 is 0. The van der Waals surface area contributed by atoms with Crippen LogP contribution in [0.5, 0.6) is 0 Å². The number of halogens is 3. The zero-order valence-corrected chi connectivity index (χ0v) is 19.9. The van der Waals surface area contributed by atoms with Gasteiger partial charge in [-0.1, -0.05) is 30.3 Å². The summed E-state index contributed by atoms with van der Waals surface area (Å²) in [6.07, 6.45) is 0.687. The van der Waals surface area contributed by atoms with Crippen molar-refractivity contribution in [2.24, 2.45) is 4.99 Å². The molecular formula is C23H29F2IN4O. The Hall–Kier alpha value is -1.78. The quantitative estimate of drug-likeness (QED) is 0.333. The smallest absolute Gasteiger partial charge is 0.191 e. The number of aliphatic imine (C=N–C) groups is 1. The number of ether oxygens (including phenoxy) is 1. The summed E-state index contributed by atoms with van der Waals surface area (Å²) in [5, 5.41) is 6.64. The zero-order chi connectivity index (χ0) is 20.9. The lowest BCUT2D eigenvalue weighted by molar-refractivity contribution is 0.0341. The second kappa shape index (κ2) is 11.2. The van der Waals surface area contributed by atoms with Gasteiger partial charge in [-0.05, 0) is 29.7 Å². The van der Waals surface area contributed by atoms with Gasteiger partial charge in [-0.25, -0.2) is 8.78 Å². The molecule has 2 atom stereocenters. The Balaban J connectivity index is 0.00000272. The van der Waals surface area contributed by atoms with Crippen molar-refractivity contribution >= 4 is 29.9 Å². The minimum atomic E-state index is -0.482. The van der Waals surface area contributed by atoms with Crippen LogP contribution in [-0.4, -0.2) is 50.3 Å². The van der Waals surface area contributed by atoms with Gasteiger partial charge in [0.25, 0.3) is 0 Å². The van der Waals surface area contributed by atoms with Gasteiger partial charge in [0.15, 0.2) is 5.96 Å². The molecule has 1 saturated carbocycles. The molecule has 1 aliphatic heterocycles. The van der Waals surface area contributed by atoms with Crippen LogP contribution in [-0.2, 0) is 17.8 Å². The summed E-state index contributed by atoms with van der Waals surface area (Å²) in [5.74, 6) is -0.493. The third-order valence-electron chi connectivity index (χ3n) is 5.77. The lowest BCUT2D eigenvalue weighted by Crippen LogP contribution is -2.39. The lowest BCUT2D eigenvalue weighted by Gasteiger charge is -2.27. The molecule has 2 N–H and O–H groups in total. The van der Waals surface area contributed by atoms with E-state index in [1.54, 1.807) is 7.05 Å². The average Bonchev–Trinajstić information content (AvgIpc) is 3.51. The molecule has 0 bridgehead atoms. The van der Waals surface area contributed by atoms with Gasteiger partial charge < -0.3 is 15.4 Å². The van der Waals surface area contributed by atoms with E-state index in [1.165, 1.54) is 29.3 Å². The molecule has 1 heterocycles. The molecule has 168 valence electrons. The fraction of sp³-hybridized carbons (Fsp3) is 0.435. The highest BCUT2D eigenvalue weighted by Crippen LogP contribution is 2.43. The van der Waals surface area contributed by atoms with Gasteiger partial charge in [-0.15, -0.1) is 24.0 Å². The predicted molar refractivity (Wildman–Crippen MR) is 129 cm³/mol. The monoisotopic (exact) mass is 542 g/mol. The predicted octanol–water partition coefficient (Wildman–Crippen LogP) is 3.64. The van der Waals surface area contributed by atoms with Gasteiger partial charge >= 0.3 is 0 Å². The van der Waals surface area contributed by atoms with Crippen LogP contribution in [0.3, 0.4) is 0 Å². The van der Waals surface area contributed by atoms with Crippen LogP contribution in [0.25, 0.3) is 0 Å². The van der Waals surface area contributed by atoms with Crippen LogP contribution in [0, 0.1) is 11.6 Å². The molecule has 2 aromatic rings. The highest BCUT2D eigenvalue weighted by molar-refractivity contribution is 14.0. The van der Waals surface area contributed by atoms with Crippen molar-refractivity contribution < 1.29 is 13.5 Å². The normalized spacial score (nSPS) is 21.3. The van der Waals surface area contributed by atoms with Crippen molar-refractivity contribution in [2.75, 3.05) is 33.4 Å². The molecule has 2 aliphatic rings. The van der Waals surface area contributed by atoms with Crippen LogP contribution < -0.4 is 10.6 Å². The van der Waals surface area contributed by atoms with Gasteiger partial charge in [0.05, 0.1) is 13.2 Å². The third kappa shape index (κ3) is 6.14. The number of guanidine groups is 1. The van der Waals surface area contributed by atoms with E-state index in [0.717, 1.165) is 32.8 Å². The first-order valence-electron chi connectivity index (χ1n) is 10.4. The highest BCUT2D eigenvalue weighted by atomic mass is 127. The van der Waals surface area contributed by atoms with Crippen molar-refractivity contribution in [1.82, 2.24) is 15.5 Å². The summed E-state index contributed by atoms with van der Waals surface area (Å²) in [6.45, 7) is 4.97. The maximum atomic E-state index is 14.0. The van der Waals surface area contributed by atoms with Crippen LogP contribution in [0.15, 0.2) is 47.5 Å². The Morgan fingerprint density at radius 2 is 1.74 bits per heavy atom. The van der Waals surface area contributed by atoms with E-state index in [1.807, 2.05) is 6.07 Å². The summed E-state index contributed by atoms with van der Waals surface area (Å²) in [4.78, 5) is 6.68. The Labute approximate surface area is 199 Å². The van der Waals surface area contributed by atoms with E-state index in [0.29, 0.717) is 18.9 Å². The summed E-state index contributed by atoms with van der Waals surface area (Å²) in [6, 6.07) is 12.4. The molecule has 4 rings (SSSR count). The molecule has 2 aromatic carbocycles. The molecule has 0 amide bonds. The highest BCUT2D eigenvalue weighted by Gasteiger charge is 2.42. The molecule has 0 spiro atoms. The van der Waals surface area contributed by atoms with Crippen molar-refractivity contribution in [1.29, 1.82) is 0 Å². The largest absolute Gasteiger partial charge is 0.379 e. The Morgan fingerprint density at radius 1 is 1.06 bits per heavy atom. The summed E-state index contributed by atoms with van der Waals surface area (Å²) < 4.78 is 33.5. The Kier molecular flexibility index (Phi) is 8.62. The molecule has 5 nitrogen and oxygen atoms in total. The van der Waals surface area contributed by atoms with E-state index in [9.17, 15) is 8.78 Å². The van der Waals surface area contributed by atoms with Crippen molar-refractivity contribution in [3.05, 3.63) is 70.8 Å². The number of hydrogen-bond donors (Lipinski definition) is 2. The molecular weight excluding hydrogens is 513 g/mol. The van der Waals surface area contributed by atoms with Crippen molar-refractivity contribution in [3.63, 3.8) is 0 Å². The van der Waals surface area contributed by atoms with E-state index in [-0.39, 0.29) is 41.5 Å². The second-order valence-electron chi connectivity index (χ2n) is 7.81. The minimum absolute atomic E-state index is 0. The van der Waals surface area contributed by atoms with Gasteiger partial charge in [0.1, 0.15) is 11.6 Å². The minimum Gasteiger partial charge on any atom is -0.379 e. The van der Waals surface area contributed by atoms with Gasteiger partial charge in [-0.2, -0.15) is 0 Å². The van der Waals surface area contributed by atoms with Crippen molar-refractivity contribution in [2.45, 2.75) is 31.5 Å². The molecule has 2 unspecified atom stereocenters. The number of rotatable bonds is 6. The maximum Gasteiger partial charge on any atom is 0.191 e. The molecule has 1 aliphatic carbocycles. The third-order valence-corrected chi connectivity index (χ3v) is 5.77. The summed E-state index contributed by atoms with van der Waals surface area (Å²) in [5.41, 5.74) is 2.65. The second-order valence-corrected chi connectivity index (χ2v) is 7.81. The Morgan fingerprint density at radius 3 is 2.42 bits per heavy atom. The van der Waals surface area contributed by atoms with E-state index in [2.05, 4.69) is 38.7 Å². The number of hydrogen-bond acceptors (Lipinski definition) is 3. The summed E-state index contributed by atoms with van der Waals surface area (Å²) in [7, 11) is 1.70. The van der Waals surface area contributed by atoms with Crippen LogP contribution in [0.4, 0.5) is 8.78 Å². The van der Waals surface area contributed by atoms with E-state index < -0.39 is 11.6 Å². The topological polar surface area (TPSA) is 48.9 Å². The maximum absolute atomic E-state index is 14.0. The Bertz CT molecular complexity index is 885. The average molecular weight is 542 g/mol. The van der Waals surface area contributed by atoms with Gasteiger partial charge in [0.2, 0.25) is 0 Å². The molecule has 8 heteroatoms. The first kappa shape index (κ1) is 23.9. The zero-order valence-electron chi connectivity index (χ0n) is 17.6. The first-order chi connectivity index (χ1) is 14.7. The van der Waals surface area contributed by atoms with E-state index in [4.69, 9.17) is 4.74 Å². The van der Waals surface area contributed by atoms with E-state index >= 15 is 0 Å². The fourth-order valence-electron chi connectivity index (χ4n) is 3.97. The fourth-order valence-corrected chi connectivity index (χ4v) is 3.97. The standard InChI is InChI=1S/C23H28F2N4O.HI/c1-26-23(28-21-13-18(21)22-19(24)7-4-8-20(22)25)27-14-16-5-2-3-6-17(16)15-29-9-11-30-12-10-29;/h2-8,18,21H,9-15H2,1H3,(H2,26,27,28);1H. The molecule has 1 saturated heterocycles. The van der Waals surface area contributed by atoms with Crippen LogP contribution in [0.1, 0.15) is 29.0 Å². The molecule has 2 fully saturated rings. The SMILES string of the molecule is CN=C(NCc1ccccc1CN1CCOCC1)NC1CC1c1c(F)cccc1F.I. The number of nitrogens with one attached hydrogen (secondary N) is 2. The number of morpholine rings is 1. The molecule has 31 heavy (non-hydrogen) atoms.